The zero-order valence-electron chi connectivity index (χ0n) is 11.0. The Morgan fingerprint density at radius 3 is 2.67 bits per heavy atom. The van der Waals surface area contributed by atoms with Crippen LogP contribution in [0.15, 0.2) is 39.5 Å². The highest BCUT2D eigenvalue weighted by Gasteiger charge is 2.34. The largest absolute Gasteiger partial charge is 0.467 e. The van der Waals surface area contributed by atoms with Crippen LogP contribution < -0.4 is 0 Å². The number of halogens is 4. The van der Waals surface area contributed by atoms with E-state index in [0.29, 0.717) is 15.1 Å². The van der Waals surface area contributed by atoms with Crippen molar-refractivity contribution in [3.63, 3.8) is 0 Å². The highest BCUT2D eigenvalue weighted by Crippen LogP contribution is 2.22. The van der Waals surface area contributed by atoms with Crippen molar-refractivity contribution < 1.29 is 22.4 Å². The Morgan fingerprint density at radius 2 is 2.19 bits per heavy atom. The van der Waals surface area contributed by atoms with Gasteiger partial charge in [0, 0.05) is 17.7 Å². The molecule has 0 saturated carbocycles. The van der Waals surface area contributed by atoms with Gasteiger partial charge in [0.25, 0.3) is 5.91 Å². The van der Waals surface area contributed by atoms with Crippen molar-refractivity contribution >= 4 is 21.8 Å². The van der Waals surface area contributed by atoms with E-state index in [0.717, 1.165) is 0 Å². The molecule has 0 radical (unpaired) electrons. The summed E-state index contributed by atoms with van der Waals surface area (Å²) in [5, 5.41) is 0. The van der Waals surface area contributed by atoms with E-state index in [4.69, 9.17) is 4.42 Å². The van der Waals surface area contributed by atoms with E-state index in [-0.39, 0.29) is 12.2 Å². The van der Waals surface area contributed by atoms with Crippen LogP contribution in [0.5, 0.6) is 0 Å². The minimum absolute atomic E-state index is 0.165. The highest BCUT2D eigenvalue weighted by atomic mass is 79.9. The van der Waals surface area contributed by atoms with E-state index >= 15 is 0 Å². The first-order valence-corrected chi connectivity index (χ1v) is 6.76. The molecule has 2 rings (SSSR count). The molecule has 0 aliphatic carbocycles. The van der Waals surface area contributed by atoms with Crippen molar-refractivity contribution in [3.8, 4) is 0 Å². The average molecular weight is 365 g/mol. The lowest BCUT2D eigenvalue weighted by atomic mass is 10.3. The fourth-order valence-corrected chi connectivity index (χ4v) is 2.43. The van der Waals surface area contributed by atoms with Crippen LogP contribution in [0.2, 0.25) is 0 Å². The summed E-state index contributed by atoms with van der Waals surface area (Å²) in [6.07, 6.45) is -1.53. The molecule has 0 fully saturated rings. The van der Waals surface area contributed by atoms with Crippen molar-refractivity contribution in [3.05, 3.63) is 46.6 Å². The standard InChI is InChI=1S/C13H12BrF3N2O2/c1-18-6-9(14)5-11(18)12(20)19(8-13(15,16)17)7-10-3-2-4-21-10/h2-6H,7-8H2,1H3. The molecule has 8 heteroatoms. The van der Waals surface area contributed by atoms with Crippen molar-refractivity contribution in [2.45, 2.75) is 12.7 Å². The van der Waals surface area contributed by atoms with Gasteiger partial charge in [-0.2, -0.15) is 13.2 Å². The predicted molar refractivity (Wildman–Crippen MR) is 72.6 cm³/mol. The van der Waals surface area contributed by atoms with E-state index in [9.17, 15) is 18.0 Å². The smallest absolute Gasteiger partial charge is 0.406 e. The minimum atomic E-state index is -4.48. The maximum Gasteiger partial charge on any atom is 0.406 e. The van der Waals surface area contributed by atoms with Crippen LogP contribution in [-0.2, 0) is 13.6 Å². The molecule has 0 aromatic carbocycles. The van der Waals surface area contributed by atoms with Gasteiger partial charge >= 0.3 is 6.18 Å². The molecule has 21 heavy (non-hydrogen) atoms. The van der Waals surface area contributed by atoms with Crippen LogP contribution in [-0.4, -0.2) is 28.1 Å². The zero-order chi connectivity index (χ0) is 15.6. The van der Waals surface area contributed by atoms with Crippen LogP contribution in [0.25, 0.3) is 0 Å². The molecule has 0 unspecified atom stereocenters. The highest BCUT2D eigenvalue weighted by molar-refractivity contribution is 9.10. The van der Waals surface area contributed by atoms with Gasteiger partial charge in [-0.3, -0.25) is 4.79 Å². The van der Waals surface area contributed by atoms with Gasteiger partial charge in [-0.05, 0) is 34.1 Å². The Morgan fingerprint density at radius 1 is 1.48 bits per heavy atom. The number of aromatic nitrogens is 1. The van der Waals surface area contributed by atoms with Crippen molar-refractivity contribution in [1.82, 2.24) is 9.47 Å². The lowest BCUT2D eigenvalue weighted by Gasteiger charge is -2.23. The molecule has 0 saturated heterocycles. The lowest BCUT2D eigenvalue weighted by Crippen LogP contribution is -2.39. The molecule has 0 aliphatic rings. The molecule has 1 amide bonds. The fourth-order valence-electron chi connectivity index (χ4n) is 1.91. The molecule has 114 valence electrons. The first-order chi connectivity index (χ1) is 9.76. The van der Waals surface area contributed by atoms with Crippen LogP contribution >= 0.6 is 15.9 Å². The number of nitrogens with zero attached hydrogens (tertiary/aromatic N) is 2. The number of hydrogen-bond donors (Lipinski definition) is 0. The van der Waals surface area contributed by atoms with Gasteiger partial charge in [0.1, 0.15) is 18.0 Å². The summed E-state index contributed by atoms with van der Waals surface area (Å²) in [6.45, 7) is -1.58. The summed E-state index contributed by atoms with van der Waals surface area (Å²) >= 11 is 3.19. The average Bonchev–Trinajstić information content (AvgIpc) is 2.95. The second-order valence-corrected chi connectivity index (χ2v) is 5.43. The third kappa shape index (κ3) is 4.13. The zero-order valence-corrected chi connectivity index (χ0v) is 12.6. The van der Waals surface area contributed by atoms with E-state index in [1.807, 2.05) is 0 Å². The molecule has 0 bridgehead atoms. The number of aryl methyl sites for hydroxylation is 1. The third-order valence-corrected chi connectivity index (χ3v) is 3.21. The summed E-state index contributed by atoms with van der Waals surface area (Å²) in [4.78, 5) is 13.0. The molecular weight excluding hydrogens is 353 g/mol. The quantitative estimate of drug-likeness (QED) is 0.831. The molecular formula is C13H12BrF3N2O2. The van der Waals surface area contributed by atoms with Gasteiger partial charge in [0.2, 0.25) is 0 Å². The number of alkyl halides is 3. The molecule has 4 nitrogen and oxygen atoms in total. The van der Waals surface area contributed by atoms with Crippen LogP contribution in [0.3, 0.4) is 0 Å². The first kappa shape index (κ1) is 15.7. The topological polar surface area (TPSA) is 38.4 Å². The number of amides is 1. The lowest BCUT2D eigenvalue weighted by molar-refractivity contribution is -0.142. The summed E-state index contributed by atoms with van der Waals surface area (Å²) in [7, 11) is 1.59. The number of furan rings is 1. The summed E-state index contributed by atoms with van der Waals surface area (Å²) in [5.74, 6) is -0.419. The first-order valence-electron chi connectivity index (χ1n) is 5.96. The molecule has 2 aromatic heterocycles. The SMILES string of the molecule is Cn1cc(Br)cc1C(=O)N(Cc1ccco1)CC(F)(F)F. The van der Waals surface area contributed by atoms with Crippen LogP contribution in [0.4, 0.5) is 13.2 Å². The summed E-state index contributed by atoms with van der Waals surface area (Å²) < 4.78 is 45.1. The third-order valence-electron chi connectivity index (χ3n) is 2.77. The van der Waals surface area contributed by atoms with E-state index in [2.05, 4.69) is 15.9 Å². The molecule has 0 atom stereocenters. The Kier molecular flexibility index (Phi) is 4.46. The molecule has 0 N–H and O–H groups in total. The fraction of sp³-hybridized carbons (Fsp3) is 0.308. The monoisotopic (exact) mass is 364 g/mol. The van der Waals surface area contributed by atoms with E-state index in [1.165, 1.54) is 23.0 Å². The normalized spacial score (nSPS) is 11.7. The molecule has 0 spiro atoms. The van der Waals surface area contributed by atoms with E-state index in [1.54, 1.807) is 19.3 Å². The molecule has 2 aromatic rings. The van der Waals surface area contributed by atoms with Gasteiger partial charge in [-0.15, -0.1) is 0 Å². The number of rotatable bonds is 4. The van der Waals surface area contributed by atoms with Crippen molar-refractivity contribution in [1.29, 1.82) is 0 Å². The maximum atomic E-state index is 12.7. The van der Waals surface area contributed by atoms with Gasteiger partial charge in [-0.25, -0.2) is 0 Å². The Labute approximate surface area is 127 Å². The van der Waals surface area contributed by atoms with E-state index < -0.39 is 18.6 Å². The van der Waals surface area contributed by atoms with Gasteiger partial charge < -0.3 is 13.9 Å². The van der Waals surface area contributed by atoms with Gasteiger partial charge in [0.15, 0.2) is 0 Å². The number of carbonyl (C=O) groups is 1. The Hall–Kier alpha value is -1.70. The summed E-state index contributed by atoms with van der Waals surface area (Å²) in [6, 6.07) is 4.57. The second-order valence-electron chi connectivity index (χ2n) is 4.51. The Bertz CT molecular complexity index is 620. The molecule has 0 aliphatic heterocycles. The van der Waals surface area contributed by atoms with Crippen molar-refractivity contribution in [2.75, 3.05) is 6.54 Å². The number of hydrogen-bond acceptors (Lipinski definition) is 2. The number of carbonyl (C=O) groups excluding carboxylic acids is 1. The predicted octanol–water partition coefficient (Wildman–Crippen LogP) is 3.59. The van der Waals surface area contributed by atoms with Gasteiger partial charge in [0.05, 0.1) is 12.8 Å². The van der Waals surface area contributed by atoms with Crippen LogP contribution in [0.1, 0.15) is 16.2 Å². The summed E-state index contributed by atoms with van der Waals surface area (Å²) in [5.41, 5.74) is 0.165. The van der Waals surface area contributed by atoms with Gasteiger partial charge in [-0.1, -0.05) is 0 Å². The second kappa shape index (κ2) is 5.97. The Balaban J connectivity index is 2.25. The minimum Gasteiger partial charge on any atom is -0.467 e. The molecule has 2 heterocycles. The maximum absolute atomic E-state index is 12.7. The van der Waals surface area contributed by atoms with Crippen LogP contribution in [0, 0.1) is 0 Å². The van der Waals surface area contributed by atoms with Crippen molar-refractivity contribution in [2.24, 2.45) is 7.05 Å².